The number of Topliss-reactive ketones (excluding diaryl/α,β-unsaturated/α-hetero) is 2. The number of hydrogen-bond acceptors (Lipinski definition) is 7. The third-order valence-corrected chi connectivity index (χ3v) is 3.97. The van der Waals surface area contributed by atoms with Gasteiger partial charge in [0.25, 0.3) is 5.78 Å². The molecule has 0 fully saturated rings. The van der Waals surface area contributed by atoms with Gasteiger partial charge in [0.1, 0.15) is 0 Å². The second-order valence-corrected chi connectivity index (χ2v) is 5.36. The van der Waals surface area contributed by atoms with Crippen LogP contribution in [0.15, 0.2) is 35.3 Å². The Bertz CT molecular complexity index is 783. The van der Waals surface area contributed by atoms with Gasteiger partial charge in [0.05, 0.1) is 0 Å². The summed E-state index contributed by atoms with van der Waals surface area (Å²) in [6.07, 6.45) is 4.20. The molecule has 0 radical (unpaired) electrons. The monoisotopic (exact) mass is 313 g/mol. The molecule has 8 heteroatoms. The molecule has 0 aromatic carbocycles. The van der Waals surface area contributed by atoms with Crippen LogP contribution in [0.5, 0.6) is 0 Å². The van der Waals surface area contributed by atoms with Crippen LogP contribution < -0.4 is 0 Å². The van der Waals surface area contributed by atoms with Crippen LogP contribution in [0, 0.1) is 0 Å². The zero-order valence-corrected chi connectivity index (χ0v) is 12.2. The Morgan fingerprint density at radius 1 is 1.14 bits per heavy atom. The summed E-state index contributed by atoms with van der Waals surface area (Å²) in [6.45, 7) is 0. The van der Waals surface area contributed by atoms with E-state index in [9.17, 15) is 9.59 Å². The van der Waals surface area contributed by atoms with Crippen molar-refractivity contribution in [3.63, 3.8) is 0 Å². The van der Waals surface area contributed by atoms with E-state index in [1.165, 1.54) is 11.3 Å². The molecule has 0 saturated heterocycles. The van der Waals surface area contributed by atoms with Gasteiger partial charge in [0.15, 0.2) is 0 Å². The van der Waals surface area contributed by atoms with E-state index in [0.29, 0.717) is 6.42 Å². The van der Waals surface area contributed by atoms with Crippen molar-refractivity contribution in [3.8, 4) is 0 Å². The molecule has 0 aliphatic carbocycles. The molecule has 110 valence electrons. The second kappa shape index (κ2) is 6.35. The van der Waals surface area contributed by atoms with Crippen LogP contribution in [-0.4, -0.2) is 37.2 Å². The van der Waals surface area contributed by atoms with E-state index in [-0.39, 0.29) is 12.2 Å². The van der Waals surface area contributed by atoms with Gasteiger partial charge in [0, 0.05) is 18.8 Å². The van der Waals surface area contributed by atoms with E-state index in [0.717, 1.165) is 16.7 Å². The first-order valence-electron chi connectivity index (χ1n) is 6.48. The molecule has 3 heterocycles. The smallest absolute Gasteiger partial charge is 0.269 e. The minimum absolute atomic E-state index is 0.0390. The third kappa shape index (κ3) is 3.12. The molecule has 1 N–H and O–H groups in total. The van der Waals surface area contributed by atoms with Gasteiger partial charge >= 0.3 is 0 Å². The molecule has 3 aromatic rings. The van der Waals surface area contributed by atoms with Crippen LogP contribution in [0.4, 0.5) is 0 Å². The van der Waals surface area contributed by atoms with Crippen LogP contribution in [0.25, 0.3) is 0 Å². The number of nitrogens with zero attached hydrogens (tertiary/aromatic N) is 4. The Morgan fingerprint density at radius 3 is 2.64 bits per heavy atom. The maximum Gasteiger partial charge on any atom is 0.269 e. The third-order valence-electron chi connectivity index (χ3n) is 3.13. The molecule has 0 unspecified atom stereocenters. The molecule has 0 spiro atoms. The maximum atomic E-state index is 12.0. The highest BCUT2D eigenvalue weighted by Crippen LogP contribution is 2.20. The first-order valence-corrected chi connectivity index (χ1v) is 7.42. The van der Waals surface area contributed by atoms with Gasteiger partial charge in [-0.15, -0.1) is 10.2 Å². The predicted octanol–water partition coefficient (Wildman–Crippen LogP) is 1.24. The minimum atomic E-state index is -0.727. The van der Waals surface area contributed by atoms with Crippen molar-refractivity contribution in [3.05, 3.63) is 57.8 Å². The fourth-order valence-corrected chi connectivity index (χ4v) is 2.88. The van der Waals surface area contributed by atoms with Gasteiger partial charge in [-0.2, -0.15) is 16.6 Å². The van der Waals surface area contributed by atoms with Crippen molar-refractivity contribution >= 4 is 22.9 Å². The molecule has 0 saturated carbocycles. The number of hydrogen-bond donors (Lipinski definition) is 1. The van der Waals surface area contributed by atoms with Gasteiger partial charge < -0.3 is 0 Å². The fourth-order valence-electron chi connectivity index (χ4n) is 2.02. The van der Waals surface area contributed by atoms with E-state index >= 15 is 0 Å². The normalized spacial score (nSPS) is 10.5. The van der Waals surface area contributed by atoms with Crippen LogP contribution in [0.3, 0.4) is 0 Å². The Balaban J connectivity index is 1.72. The summed E-state index contributed by atoms with van der Waals surface area (Å²) in [7, 11) is 0. The Hall–Kier alpha value is -2.74. The van der Waals surface area contributed by atoms with Gasteiger partial charge in [-0.3, -0.25) is 14.6 Å². The lowest BCUT2D eigenvalue weighted by atomic mass is 10.0. The van der Waals surface area contributed by atoms with Gasteiger partial charge in [-0.25, -0.2) is 0 Å². The van der Waals surface area contributed by atoms with Gasteiger partial charge in [-0.1, -0.05) is 0 Å². The standard InChI is InChI=1S/C14H11N5O2S/c20-12(13(21)14-16-18-19-17-14)6-11-8-22-7-10(11)5-9-1-3-15-4-2-9/h1-4,7-8H,5-6H2,(H,16,17,18,19). The van der Waals surface area contributed by atoms with Crippen molar-refractivity contribution in [2.45, 2.75) is 12.8 Å². The number of ketones is 2. The summed E-state index contributed by atoms with van der Waals surface area (Å²) in [6, 6.07) is 3.85. The van der Waals surface area contributed by atoms with Crippen molar-refractivity contribution in [1.82, 2.24) is 25.6 Å². The lowest BCUT2D eigenvalue weighted by Crippen LogP contribution is -2.18. The molecule has 3 aromatic heterocycles. The fraction of sp³-hybridized carbons (Fsp3) is 0.143. The number of tetrazole rings is 1. The van der Waals surface area contributed by atoms with E-state index < -0.39 is 11.6 Å². The largest absolute Gasteiger partial charge is 0.290 e. The first kappa shape index (κ1) is 14.2. The zero-order valence-electron chi connectivity index (χ0n) is 11.4. The van der Waals surface area contributed by atoms with Crippen molar-refractivity contribution in [2.75, 3.05) is 0 Å². The summed E-state index contributed by atoms with van der Waals surface area (Å²) in [5, 5.41) is 16.4. The highest BCUT2D eigenvalue weighted by molar-refractivity contribution is 7.08. The number of H-pyrrole nitrogens is 1. The average Bonchev–Trinajstić information content (AvgIpc) is 3.20. The van der Waals surface area contributed by atoms with Crippen LogP contribution in [0.2, 0.25) is 0 Å². The van der Waals surface area contributed by atoms with E-state index in [1.54, 1.807) is 12.4 Å². The van der Waals surface area contributed by atoms with E-state index in [4.69, 9.17) is 0 Å². The molecule has 0 aliphatic heterocycles. The van der Waals surface area contributed by atoms with E-state index in [1.807, 2.05) is 22.9 Å². The lowest BCUT2D eigenvalue weighted by molar-refractivity contribution is -0.114. The van der Waals surface area contributed by atoms with Crippen molar-refractivity contribution in [1.29, 1.82) is 0 Å². The van der Waals surface area contributed by atoms with Gasteiger partial charge in [-0.05, 0) is 51.2 Å². The minimum Gasteiger partial charge on any atom is -0.290 e. The lowest BCUT2D eigenvalue weighted by Gasteiger charge is -2.03. The zero-order chi connectivity index (χ0) is 15.4. The summed E-state index contributed by atoms with van der Waals surface area (Å²) in [4.78, 5) is 27.9. The first-order chi connectivity index (χ1) is 10.7. The molecule has 0 bridgehead atoms. The maximum absolute atomic E-state index is 12.0. The summed E-state index contributed by atoms with van der Waals surface area (Å²) < 4.78 is 0. The number of carbonyl (C=O) groups is 2. The Labute approximate surface area is 129 Å². The number of rotatable bonds is 6. The number of nitrogens with one attached hydrogen (secondary N) is 1. The second-order valence-electron chi connectivity index (χ2n) is 4.62. The van der Waals surface area contributed by atoms with Gasteiger partial charge in [0.2, 0.25) is 11.6 Å². The van der Waals surface area contributed by atoms with Crippen molar-refractivity contribution in [2.24, 2.45) is 0 Å². The average molecular weight is 313 g/mol. The summed E-state index contributed by atoms with van der Waals surface area (Å²) in [5.74, 6) is -1.47. The summed E-state index contributed by atoms with van der Waals surface area (Å²) in [5.41, 5.74) is 2.99. The van der Waals surface area contributed by atoms with Crippen LogP contribution in [-0.2, 0) is 17.6 Å². The van der Waals surface area contributed by atoms with Crippen molar-refractivity contribution < 1.29 is 9.59 Å². The number of thiophene rings is 1. The van der Waals surface area contributed by atoms with Crippen LogP contribution >= 0.6 is 11.3 Å². The molecule has 3 rings (SSSR count). The molecular weight excluding hydrogens is 302 g/mol. The van der Waals surface area contributed by atoms with E-state index in [2.05, 4.69) is 25.6 Å². The SMILES string of the molecule is O=C(Cc1cscc1Cc1ccncc1)C(=O)c1nn[nH]n1. The molecule has 7 nitrogen and oxygen atoms in total. The molecule has 0 amide bonds. The number of aromatic amines is 1. The molecule has 0 atom stereocenters. The number of carbonyl (C=O) groups excluding carboxylic acids is 2. The number of aromatic nitrogens is 5. The van der Waals surface area contributed by atoms with Crippen LogP contribution in [0.1, 0.15) is 27.3 Å². The topological polar surface area (TPSA) is 101 Å². The molecule has 22 heavy (non-hydrogen) atoms. The highest BCUT2D eigenvalue weighted by Gasteiger charge is 2.22. The molecular formula is C14H11N5O2S. The quantitative estimate of drug-likeness (QED) is 0.542. The predicted molar refractivity (Wildman–Crippen MR) is 78.6 cm³/mol. The highest BCUT2D eigenvalue weighted by atomic mass is 32.1. The Kier molecular flexibility index (Phi) is 4.10. The summed E-state index contributed by atoms with van der Waals surface area (Å²) >= 11 is 1.51. The molecule has 0 aliphatic rings. The number of pyridine rings is 1. The Morgan fingerprint density at radius 2 is 1.91 bits per heavy atom.